The van der Waals surface area contributed by atoms with Crippen molar-refractivity contribution >= 4 is 11.5 Å². The molecule has 0 aliphatic rings. The summed E-state index contributed by atoms with van der Waals surface area (Å²) in [6.45, 7) is 3.95. The highest BCUT2D eigenvalue weighted by Gasteiger charge is 2.12. The number of nitriles is 1. The van der Waals surface area contributed by atoms with Crippen LogP contribution < -0.4 is 0 Å². The first-order valence-corrected chi connectivity index (χ1v) is 5.39. The molecule has 0 fully saturated rings. The van der Waals surface area contributed by atoms with Gasteiger partial charge in [0.05, 0.1) is 18.7 Å². The number of esters is 1. The maximum Gasteiger partial charge on any atom is 0.330 e. The molecule has 17 heavy (non-hydrogen) atoms. The van der Waals surface area contributed by atoms with E-state index in [1.807, 2.05) is 26.0 Å². The lowest BCUT2D eigenvalue weighted by atomic mass is 9.92. The molecule has 3 heteroatoms. The molecule has 0 radical (unpaired) electrons. The van der Waals surface area contributed by atoms with E-state index in [2.05, 4.69) is 10.8 Å². The molecule has 0 spiro atoms. The average molecular weight is 229 g/mol. The minimum atomic E-state index is -0.401. The first-order chi connectivity index (χ1) is 8.10. The maximum atomic E-state index is 11.3. The van der Waals surface area contributed by atoms with Crippen LogP contribution in [0.1, 0.15) is 25.0 Å². The number of carbonyl (C=O) groups excluding carboxylic acids is 1. The molecular weight excluding hydrogens is 214 g/mol. The van der Waals surface area contributed by atoms with E-state index in [4.69, 9.17) is 5.26 Å². The van der Waals surface area contributed by atoms with Crippen molar-refractivity contribution < 1.29 is 9.53 Å². The molecule has 1 aromatic rings. The topological polar surface area (TPSA) is 50.1 Å². The third-order valence-electron chi connectivity index (χ3n) is 2.46. The predicted octanol–water partition coefficient (Wildman–Crippen LogP) is 2.77. The largest absolute Gasteiger partial charge is 0.466 e. The lowest BCUT2D eigenvalue weighted by Gasteiger charge is -2.12. The van der Waals surface area contributed by atoms with Gasteiger partial charge in [-0.15, -0.1) is 0 Å². The smallest absolute Gasteiger partial charge is 0.330 e. The fourth-order valence-electron chi connectivity index (χ4n) is 1.57. The van der Waals surface area contributed by atoms with E-state index >= 15 is 0 Å². The van der Waals surface area contributed by atoms with Gasteiger partial charge in [-0.05, 0) is 23.1 Å². The number of hydrogen-bond acceptors (Lipinski definition) is 3. The summed E-state index contributed by atoms with van der Waals surface area (Å²) in [5.41, 5.74) is 2.17. The maximum absolute atomic E-state index is 11.3. The number of benzene rings is 1. The Morgan fingerprint density at radius 3 is 2.59 bits per heavy atom. The van der Waals surface area contributed by atoms with Gasteiger partial charge < -0.3 is 4.74 Å². The summed E-state index contributed by atoms with van der Waals surface area (Å²) in [6.07, 6.45) is 1.45. The number of carbonyl (C=O) groups is 1. The van der Waals surface area contributed by atoms with E-state index in [1.54, 1.807) is 12.1 Å². The van der Waals surface area contributed by atoms with Gasteiger partial charge in [-0.1, -0.05) is 32.0 Å². The van der Waals surface area contributed by atoms with Gasteiger partial charge in [0.2, 0.25) is 0 Å². The second kappa shape index (κ2) is 5.86. The van der Waals surface area contributed by atoms with Crippen molar-refractivity contribution in [2.24, 2.45) is 5.92 Å². The summed E-state index contributed by atoms with van der Waals surface area (Å²) < 4.78 is 4.63. The minimum Gasteiger partial charge on any atom is -0.466 e. The van der Waals surface area contributed by atoms with Crippen LogP contribution in [0.5, 0.6) is 0 Å². The molecule has 0 aliphatic carbocycles. The molecule has 1 aromatic carbocycles. The molecule has 0 amide bonds. The summed E-state index contributed by atoms with van der Waals surface area (Å²) >= 11 is 0. The summed E-state index contributed by atoms with van der Waals surface area (Å²) in [5, 5.41) is 9.05. The molecule has 0 atom stereocenters. The van der Waals surface area contributed by atoms with Crippen LogP contribution in [0.25, 0.3) is 5.57 Å². The lowest BCUT2D eigenvalue weighted by molar-refractivity contribution is -0.134. The Bertz CT molecular complexity index is 481. The number of methoxy groups -OCH3 is 1. The van der Waals surface area contributed by atoms with Crippen molar-refractivity contribution in [2.75, 3.05) is 7.11 Å². The van der Waals surface area contributed by atoms with Crippen molar-refractivity contribution in [3.63, 3.8) is 0 Å². The summed E-state index contributed by atoms with van der Waals surface area (Å²) in [5.74, 6) is -0.259. The zero-order valence-electron chi connectivity index (χ0n) is 10.2. The number of allylic oxidation sites excluding steroid dienone is 1. The second-order valence-corrected chi connectivity index (χ2v) is 3.93. The van der Waals surface area contributed by atoms with E-state index in [-0.39, 0.29) is 5.92 Å². The van der Waals surface area contributed by atoms with E-state index in [1.165, 1.54) is 13.2 Å². The SMILES string of the molecule is COC(=O)/C=C(\c1ccccc1C#N)C(C)C. The van der Waals surface area contributed by atoms with Gasteiger partial charge in [-0.3, -0.25) is 0 Å². The Kier molecular flexibility index (Phi) is 4.47. The van der Waals surface area contributed by atoms with Crippen LogP contribution in [0.2, 0.25) is 0 Å². The van der Waals surface area contributed by atoms with Crippen molar-refractivity contribution in [3.05, 3.63) is 41.5 Å². The molecule has 0 N–H and O–H groups in total. The first kappa shape index (κ1) is 13.0. The van der Waals surface area contributed by atoms with Crippen LogP contribution in [0.4, 0.5) is 0 Å². The highest BCUT2D eigenvalue weighted by atomic mass is 16.5. The van der Waals surface area contributed by atoms with Gasteiger partial charge in [0.25, 0.3) is 0 Å². The van der Waals surface area contributed by atoms with Gasteiger partial charge >= 0.3 is 5.97 Å². The van der Waals surface area contributed by atoms with Gasteiger partial charge in [-0.2, -0.15) is 5.26 Å². The lowest BCUT2D eigenvalue weighted by Crippen LogP contribution is -2.02. The molecule has 3 nitrogen and oxygen atoms in total. The van der Waals surface area contributed by atoms with Crippen LogP contribution >= 0.6 is 0 Å². The van der Waals surface area contributed by atoms with E-state index in [0.29, 0.717) is 5.56 Å². The molecular formula is C14H15NO2. The first-order valence-electron chi connectivity index (χ1n) is 5.39. The Morgan fingerprint density at radius 1 is 1.41 bits per heavy atom. The van der Waals surface area contributed by atoms with Crippen LogP contribution in [0, 0.1) is 17.2 Å². The number of hydrogen-bond donors (Lipinski definition) is 0. The van der Waals surface area contributed by atoms with Crippen LogP contribution in [-0.4, -0.2) is 13.1 Å². The van der Waals surface area contributed by atoms with Crippen molar-refractivity contribution in [1.82, 2.24) is 0 Å². The summed E-state index contributed by atoms with van der Waals surface area (Å²) in [7, 11) is 1.34. The van der Waals surface area contributed by atoms with Gasteiger partial charge in [0.1, 0.15) is 0 Å². The van der Waals surface area contributed by atoms with Gasteiger partial charge in [0.15, 0.2) is 0 Å². The predicted molar refractivity (Wildman–Crippen MR) is 66.0 cm³/mol. The molecule has 0 aliphatic heterocycles. The van der Waals surface area contributed by atoms with Gasteiger partial charge in [0, 0.05) is 6.08 Å². The highest BCUT2D eigenvalue weighted by Crippen LogP contribution is 2.25. The van der Waals surface area contributed by atoms with Crippen molar-refractivity contribution in [1.29, 1.82) is 5.26 Å². The Labute approximate surface area is 101 Å². The van der Waals surface area contributed by atoms with Gasteiger partial charge in [-0.25, -0.2) is 4.79 Å². The van der Waals surface area contributed by atoms with E-state index < -0.39 is 5.97 Å². The fourth-order valence-corrected chi connectivity index (χ4v) is 1.57. The van der Waals surface area contributed by atoms with Crippen LogP contribution in [-0.2, 0) is 9.53 Å². The number of nitrogens with zero attached hydrogens (tertiary/aromatic N) is 1. The zero-order chi connectivity index (χ0) is 12.8. The molecule has 0 aromatic heterocycles. The van der Waals surface area contributed by atoms with Crippen LogP contribution in [0.3, 0.4) is 0 Å². The molecule has 0 bridgehead atoms. The Morgan fingerprint density at radius 2 is 2.06 bits per heavy atom. The molecule has 0 heterocycles. The van der Waals surface area contributed by atoms with Crippen molar-refractivity contribution in [2.45, 2.75) is 13.8 Å². The molecule has 0 saturated heterocycles. The van der Waals surface area contributed by atoms with E-state index in [9.17, 15) is 4.79 Å². The normalized spacial score (nSPS) is 11.1. The summed E-state index contributed by atoms with van der Waals surface area (Å²) in [6, 6.07) is 9.36. The average Bonchev–Trinajstić information content (AvgIpc) is 2.35. The third-order valence-corrected chi connectivity index (χ3v) is 2.46. The quantitative estimate of drug-likeness (QED) is 0.591. The number of rotatable bonds is 3. The summed E-state index contributed by atoms with van der Waals surface area (Å²) in [4.78, 5) is 11.3. The molecule has 0 unspecified atom stereocenters. The monoisotopic (exact) mass is 229 g/mol. The van der Waals surface area contributed by atoms with Crippen molar-refractivity contribution in [3.8, 4) is 6.07 Å². The molecule has 0 saturated carbocycles. The molecule has 88 valence electrons. The third kappa shape index (κ3) is 3.18. The highest BCUT2D eigenvalue weighted by molar-refractivity contribution is 5.92. The standard InChI is InChI=1S/C14H15NO2/c1-10(2)13(8-14(16)17-3)12-7-5-4-6-11(12)9-15/h4-8,10H,1-3H3/b13-8-. The zero-order valence-corrected chi connectivity index (χ0v) is 10.2. The van der Waals surface area contributed by atoms with E-state index in [0.717, 1.165) is 11.1 Å². The van der Waals surface area contributed by atoms with Crippen LogP contribution in [0.15, 0.2) is 30.3 Å². The second-order valence-electron chi connectivity index (χ2n) is 3.93. The Balaban J connectivity index is 3.30. The fraction of sp³-hybridized carbons (Fsp3) is 0.286. The molecule has 1 rings (SSSR count). The number of ether oxygens (including phenoxy) is 1. The minimum absolute atomic E-state index is 0.142. The Hall–Kier alpha value is -2.08.